The highest BCUT2D eigenvalue weighted by Crippen LogP contribution is 2.52. The van der Waals surface area contributed by atoms with E-state index in [1.54, 1.807) is 13.0 Å². The van der Waals surface area contributed by atoms with E-state index in [1.165, 1.54) is 11.3 Å². The number of thiophene rings is 1. The highest BCUT2D eigenvalue weighted by atomic mass is 32.1. The predicted octanol–water partition coefficient (Wildman–Crippen LogP) is 2.92. The quantitative estimate of drug-likeness (QED) is 0.796. The highest BCUT2D eigenvalue weighted by Gasteiger charge is 2.54. The van der Waals surface area contributed by atoms with Gasteiger partial charge in [-0.25, -0.2) is 4.79 Å². The number of esters is 1. The third-order valence-electron chi connectivity index (χ3n) is 5.09. The molecule has 130 valence electrons. The Morgan fingerprint density at radius 3 is 2.58 bits per heavy atom. The van der Waals surface area contributed by atoms with E-state index in [1.807, 2.05) is 6.92 Å². The van der Waals surface area contributed by atoms with Crippen molar-refractivity contribution in [3.63, 3.8) is 0 Å². The molecule has 0 saturated heterocycles. The standard InChI is InChI=1S/C17H21NO5S/c1-3-23-17(22)11-6-8(2)24-15(11)18-14(19)12-9-4-5-10(7-9)13(12)16(20)21/h6,9-10,12-13H,3-5,7H2,1-2H3,(H,18,19)(H,20,21)/t9-,10-,12+,13-/m0/s1. The van der Waals surface area contributed by atoms with Gasteiger partial charge < -0.3 is 15.2 Å². The summed E-state index contributed by atoms with van der Waals surface area (Å²) >= 11 is 1.31. The van der Waals surface area contributed by atoms with E-state index < -0.39 is 23.8 Å². The van der Waals surface area contributed by atoms with Gasteiger partial charge in [0.25, 0.3) is 0 Å². The summed E-state index contributed by atoms with van der Waals surface area (Å²) in [5.74, 6) is -2.56. The molecule has 1 aromatic rings. The lowest BCUT2D eigenvalue weighted by molar-refractivity contribution is -0.148. The second-order valence-corrected chi connectivity index (χ2v) is 7.79. The molecular formula is C17H21NO5S. The number of aryl methyl sites for hydroxylation is 1. The molecule has 0 radical (unpaired) electrons. The van der Waals surface area contributed by atoms with Crippen molar-refractivity contribution in [2.24, 2.45) is 23.7 Å². The van der Waals surface area contributed by atoms with Gasteiger partial charge in [-0.2, -0.15) is 0 Å². The van der Waals surface area contributed by atoms with Crippen LogP contribution in [0.15, 0.2) is 6.07 Å². The number of hydrogen-bond acceptors (Lipinski definition) is 5. The lowest BCUT2D eigenvalue weighted by atomic mass is 9.79. The van der Waals surface area contributed by atoms with Gasteiger partial charge in [-0.3, -0.25) is 9.59 Å². The molecule has 24 heavy (non-hydrogen) atoms. The second-order valence-electron chi connectivity index (χ2n) is 6.53. The molecule has 7 heteroatoms. The second kappa shape index (κ2) is 6.55. The molecule has 0 spiro atoms. The molecule has 0 unspecified atom stereocenters. The molecule has 6 nitrogen and oxygen atoms in total. The number of carboxylic acids is 1. The van der Waals surface area contributed by atoms with Gasteiger partial charge in [0.15, 0.2) is 0 Å². The van der Waals surface area contributed by atoms with Crippen molar-refractivity contribution in [3.05, 3.63) is 16.5 Å². The molecule has 2 saturated carbocycles. The molecule has 1 amide bonds. The number of amides is 1. The van der Waals surface area contributed by atoms with Crippen molar-refractivity contribution in [2.75, 3.05) is 11.9 Å². The molecule has 3 rings (SSSR count). The zero-order chi connectivity index (χ0) is 17.4. The fourth-order valence-electron chi connectivity index (χ4n) is 4.19. The number of ether oxygens (including phenoxy) is 1. The van der Waals surface area contributed by atoms with Crippen LogP contribution in [0.1, 0.15) is 41.4 Å². The first-order chi connectivity index (χ1) is 11.4. The highest BCUT2D eigenvalue weighted by molar-refractivity contribution is 7.16. The van der Waals surface area contributed by atoms with E-state index in [-0.39, 0.29) is 24.3 Å². The van der Waals surface area contributed by atoms with Gasteiger partial charge in [0.1, 0.15) is 5.00 Å². The zero-order valence-electron chi connectivity index (χ0n) is 13.7. The van der Waals surface area contributed by atoms with Gasteiger partial charge in [-0.1, -0.05) is 0 Å². The Hall–Kier alpha value is -1.89. The van der Waals surface area contributed by atoms with E-state index in [9.17, 15) is 19.5 Å². The summed E-state index contributed by atoms with van der Waals surface area (Å²) in [6.45, 7) is 3.83. The van der Waals surface area contributed by atoms with Crippen LogP contribution in [-0.4, -0.2) is 29.6 Å². The maximum Gasteiger partial charge on any atom is 0.341 e. The van der Waals surface area contributed by atoms with Crippen molar-refractivity contribution in [1.82, 2.24) is 0 Å². The average molecular weight is 351 g/mol. The molecule has 1 heterocycles. The minimum Gasteiger partial charge on any atom is -0.481 e. The molecule has 2 N–H and O–H groups in total. The fourth-order valence-corrected chi connectivity index (χ4v) is 5.09. The van der Waals surface area contributed by atoms with Crippen LogP contribution < -0.4 is 5.32 Å². The van der Waals surface area contributed by atoms with Crippen LogP contribution >= 0.6 is 11.3 Å². The Morgan fingerprint density at radius 2 is 1.96 bits per heavy atom. The topological polar surface area (TPSA) is 92.7 Å². The number of nitrogens with one attached hydrogen (secondary N) is 1. The van der Waals surface area contributed by atoms with Crippen molar-refractivity contribution >= 4 is 34.2 Å². The summed E-state index contributed by atoms with van der Waals surface area (Å²) < 4.78 is 5.02. The van der Waals surface area contributed by atoms with Crippen molar-refractivity contribution < 1.29 is 24.2 Å². The van der Waals surface area contributed by atoms with Crippen LogP contribution in [0.4, 0.5) is 5.00 Å². The summed E-state index contributed by atoms with van der Waals surface area (Å²) in [5, 5.41) is 12.7. The van der Waals surface area contributed by atoms with Crippen molar-refractivity contribution in [1.29, 1.82) is 0 Å². The lowest BCUT2D eigenvalue weighted by Gasteiger charge is -2.26. The molecule has 2 aliphatic carbocycles. The van der Waals surface area contributed by atoms with E-state index in [4.69, 9.17) is 4.74 Å². The molecule has 1 aromatic heterocycles. The van der Waals surface area contributed by atoms with Crippen molar-refractivity contribution in [2.45, 2.75) is 33.1 Å². The van der Waals surface area contributed by atoms with Gasteiger partial charge in [0.05, 0.1) is 24.0 Å². The van der Waals surface area contributed by atoms with Crippen LogP contribution in [0.2, 0.25) is 0 Å². The monoisotopic (exact) mass is 351 g/mol. The lowest BCUT2D eigenvalue weighted by Crippen LogP contribution is -2.37. The number of hydrogen-bond donors (Lipinski definition) is 2. The van der Waals surface area contributed by atoms with Crippen LogP contribution in [0.5, 0.6) is 0 Å². The van der Waals surface area contributed by atoms with Gasteiger partial charge in [0, 0.05) is 4.88 Å². The average Bonchev–Trinajstić information content (AvgIpc) is 3.20. The summed E-state index contributed by atoms with van der Waals surface area (Å²) in [6, 6.07) is 1.69. The predicted molar refractivity (Wildman–Crippen MR) is 89.1 cm³/mol. The number of rotatable bonds is 5. The van der Waals surface area contributed by atoms with Crippen LogP contribution in [0.25, 0.3) is 0 Å². The van der Waals surface area contributed by atoms with E-state index in [2.05, 4.69) is 5.32 Å². The van der Waals surface area contributed by atoms with E-state index in [0.29, 0.717) is 10.6 Å². The first kappa shape index (κ1) is 17.0. The van der Waals surface area contributed by atoms with Gasteiger partial charge in [0.2, 0.25) is 5.91 Å². The first-order valence-corrected chi connectivity index (χ1v) is 9.05. The smallest absolute Gasteiger partial charge is 0.341 e. The van der Waals surface area contributed by atoms with E-state index in [0.717, 1.165) is 24.1 Å². The summed E-state index contributed by atoms with van der Waals surface area (Å²) in [7, 11) is 0. The minimum atomic E-state index is -0.893. The number of carboxylic acid groups (broad SMARTS) is 1. The SMILES string of the molecule is CCOC(=O)c1cc(C)sc1NC(=O)[C@@H]1[C@H]2CC[C@@H](C2)[C@@H]1C(=O)O. The Labute approximate surface area is 144 Å². The van der Waals surface area contributed by atoms with Crippen LogP contribution in [-0.2, 0) is 14.3 Å². The van der Waals surface area contributed by atoms with Crippen LogP contribution in [0.3, 0.4) is 0 Å². The Kier molecular flexibility index (Phi) is 4.62. The Bertz CT molecular complexity index is 683. The molecule has 0 aromatic carbocycles. The number of anilines is 1. The number of carbonyl (C=O) groups is 3. The number of aliphatic carboxylic acids is 1. The molecule has 2 aliphatic rings. The Balaban J connectivity index is 1.80. The summed E-state index contributed by atoms with van der Waals surface area (Å²) in [6.07, 6.45) is 2.60. The van der Waals surface area contributed by atoms with Gasteiger partial charge >= 0.3 is 11.9 Å². The molecule has 2 bridgehead atoms. The molecule has 0 aliphatic heterocycles. The van der Waals surface area contributed by atoms with Gasteiger partial charge in [-0.15, -0.1) is 11.3 Å². The number of fused-ring (bicyclic) bond motifs is 2. The van der Waals surface area contributed by atoms with Crippen molar-refractivity contribution in [3.8, 4) is 0 Å². The minimum absolute atomic E-state index is 0.0952. The van der Waals surface area contributed by atoms with E-state index >= 15 is 0 Å². The first-order valence-electron chi connectivity index (χ1n) is 8.23. The maximum absolute atomic E-state index is 12.7. The summed E-state index contributed by atoms with van der Waals surface area (Å²) in [4.78, 5) is 37.2. The summed E-state index contributed by atoms with van der Waals surface area (Å²) in [5.41, 5.74) is 0.336. The fraction of sp³-hybridized carbons (Fsp3) is 0.588. The molecular weight excluding hydrogens is 330 g/mol. The number of carbonyl (C=O) groups excluding carboxylic acids is 2. The normalized spacial score (nSPS) is 27.9. The molecule has 4 atom stereocenters. The maximum atomic E-state index is 12.7. The largest absolute Gasteiger partial charge is 0.481 e. The van der Waals surface area contributed by atoms with Gasteiger partial charge in [-0.05, 0) is 51.0 Å². The Morgan fingerprint density at radius 1 is 1.29 bits per heavy atom. The third-order valence-corrected chi connectivity index (χ3v) is 6.06. The zero-order valence-corrected chi connectivity index (χ0v) is 14.5. The third kappa shape index (κ3) is 2.92. The molecule has 2 fully saturated rings. The van der Waals surface area contributed by atoms with Crippen LogP contribution in [0, 0.1) is 30.6 Å².